The summed E-state index contributed by atoms with van der Waals surface area (Å²) in [4.78, 5) is 35.1. The fourth-order valence-corrected chi connectivity index (χ4v) is 2.82. The van der Waals surface area contributed by atoms with E-state index in [0.29, 0.717) is 10.6 Å². The number of benzene rings is 1. The highest BCUT2D eigenvalue weighted by Gasteiger charge is 2.11. The summed E-state index contributed by atoms with van der Waals surface area (Å²) >= 11 is 1.36. The van der Waals surface area contributed by atoms with Crippen molar-refractivity contribution in [2.75, 3.05) is 11.9 Å². The van der Waals surface area contributed by atoms with E-state index in [1.165, 1.54) is 11.3 Å². The number of thiophene rings is 1. The minimum Gasteiger partial charge on any atom is -0.351 e. The Morgan fingerprint density at radius 2 is 1.88 bits per heavy atom. The molecule has 132 valence electrons. The average molecular weight is 360 g/mol. The van der Waals surface area contributed by atoms with Crippen molar-refractivity contribution in [3.63, 3.8) is 0 Å². The number of urea groups is 1. The zero-order chi connectivity index (χ0) is 18.2. The molecule has 1 aromatic carbocycles. The van der Waals surface area contributed by atoms with Crippen molar-refractivity contribution in [2.45, 2.75) is 19.4 Å². The SMILES string of the molecule is CC(NC(=O)CCNC(=O)c1cccs1)c1ccc(NC(N)=O)cc1. The molecule has 1 unspecified atom stereocenters. The number of primary amides is 1. The van der Waals surface area contributed by atoms with Gasteiger partial charge in [-0.2, -0.15) is 0 Å². The lowest BCUT2D eigenvalue weighted by Crippen LogP contribution is -2.31. The Hall–Kier alpha value is -2.87. The van der Waals surface area contributed by atoms with Crippen LogP contribution < -0.4 is 21.7 Å². The van der Waals surface area contributed by atoms with Crippen LogP contribution in [0.3, 0.4) is 0 Å². The first kappa shape index (κ1) is 18.5. The van der Waals surface area contributed by atoms with E-state index in [4.69, 9.17) is 5.73 Å². The molecule has 25 heavy (non-hydrogen) atoms. The molecule has 7 nitrogen and oxygen atoms in total. The largest absolute Gasteiger partial charge is 0.351 e. The highest BCUT2D eigenvalue weighted by atomic mass is 32.1. The van der Waals surface area contributed by atoms with Crippen molar-refractivity contribution in [2.24, 2.45) is 5.73 Å². The van der Waals surface area contributed by atoms with Gasteiger partial charge < -0.3 is 21.7 Å². The highest BCUT2D eigenvalue weighted by Crippen LogP contribution is 2.16. The highest BCUT2D eigenvalue weighted by molar-refractivity contribution is 7.12. The summed E-state index contributed by atoms with van der Waals surface area (Å²) in [6, 6.07) is 9.75. The second-order valence-electron chi connectivity index (χ2n) is 5.38. The Kier molecular flexibility index (Phi) is 6.53. The molecule has 0 fully saturated rings. The zero-order valence-corrected chi connectivity index (χ0v) is 14.6. The first-order valence-corrected chi connectivity index (χ1v) is 8.61. The molecule has 0 radical (unpaired) electrons. The van der Waals surface area contributed by atoms with Gasteiger partial charge in [0, 0.05) is 18.7 Å². The van der Waals surface area contributed by atoms with Crippen LogP contribution in [0.25, 0.3) is 0 Å². The third-order valence-corrected chi connectivity index (χ3v) is 4.31. The molecule has 0 bridgehead atoms. The zero-order valence-electron chi connectivity index (χ0n) is 13.7. The van der Waals surface area contributed by atoms with Crippen LogP contribution in [-0.4, -0.2) is 24.4 Å². The minimum atomic E-state index is -0.626. The molecule has 0 aliphatic rings. The van der Waals surface area contributed by atoms with Crippen LogP contribution in [-0.2, 0) is 4.79 Å². The van der Waals surface area contributed by atoms with Gasteiger partial charge in [-0.15, -0.1) is 11.3 Å². The number of nitrogens with two attached hydrogens (primary N) is 1. The van der Waals surface area contributed by atoms with Gasteiger partial charge in [0.1, 0.15) is 0 Å². The Morgan fingerprint density at radius 3 is 2.48 bits per heavy atom. The quantitative estimate of drug-likeness (QED) is 0.607. The number of hydrogen-bond acceptors (Lipinski definition) is 4. The molecular weight excluding hydrogens is 340 g/mol. The van der Waals surface area contributed by atoms with E-state index in [1.807, 2.05) is 12.3 Å². The van der Waals surface area contributed by atoms with E-state index < -0.39 is 6.03 Å². The van der Waals surface area contributed by atoms with Crippen molar-refractivity contribution >= 4 is 34.9 Å². The molecule has 1 atom stereocenters. The molecule has 4 amide bonds. The van der Waals surface area contributed by atoms with Gasteiger partial charge in [0.05, 0.1) is 10.9 Å². The van der Waals surface area contributed by atoms with Crippen LogP contribution in [0, 0.1) is 0 Å². The summed E-state index contributed by atoms with van der Waals surface area (Å²) in [7, 11) is 0. The number of carbonyl (C=O) groups is 3. The molecule has 2 rings (SSSR count). The number of amides is 4. The lowest BCUT2D eigenvalue weighted by molar-refractivity contribution is -0.121. The van der Waals surface area contributed by atoms with E-state index in [0.717, 1.165) is 5.56 Å². The van der Waals surface area contributed by atoms with E-state index >= 15 is 0 Å². The van der Waals surface area contributed by atoms with Crippen molar-refractivity contribution < 1.29 is 14.4 Å². The Morgan fingerprint density at radius 1 is 1.16 bits per heavy atom. The maximum atomic E-state index is 12.0. The fourth-order valence-electron chi connectivity index (χ4n) is 2.18. The topological polar surface area (TPSA) is 113 Å². The second kappa shape index (κ2) is 8.84. The fraction of sp³-hybridized carbons (Fsp3) is 0.235. The van der Waals surface area contributed by atoms with Crippen LogP contribution in [0.1, 0.15) is 34.6 Å². The molecule has 5 N–H and O–H groups in total. The molecular formula is C17H20N4O3S. The Labute approximate surface area is 149 Å². The predicted molar refractivity (Wildman–Crippen MR) is 97.5 cm³/mol. The smallest absolute Gasteiger partial charge is 0.316 e. The Bertz CT molecular complexity index is 729. The van der Waals surface area contributed by atoms with Gasteiger partial charge in [-0.3, -0.25) is 9.59 Å². The summed E-state index contributed by atoms with van der Waals surface area (Å²) in [5.41, 5.74) is 6.53. The number of carbonyl (C=O) groups excluding carboxylic acids is 3. The van der Waals surface area contributed by atoms with Crippen LogP contribution in [0.5, 0.6) is 0 Å². The molecule has 0 aliphatic heterocycles. The maximum Gasteiger partial charge on any atom is 0.316 e. The third-order valence-electron chi connectivity index (χ3n) is 3.44. The van der Waals surface area contributed by atoms with Crippen molar-refractivity contribution in [3.05, 3.63) is 52.2 Å². The van der Waals surface area contributed by atoms with Crippen LogP contribution in [0.15, 0.2) is 41.8 Å². The minimum absolute atomic E-state index is 0.154. The van der Waals surface area contributed by atoms with Crippen molar-refractivity contribution in [3.8, 4) is 0 Å². The molecule has 2 aromatic rings. The lowest BCUT2D eigenvalue weighted by atomic mass is 10.1. The van der Waals surface area contributed by atoms with Gasteiger partial charge in [0.15, 0.2) is 0 Å². The lowest BCUT2D eigenvalue weighted by Gasteiger charge is -2.15. The summed E-state index contributed by atoms with van der Waals surface area (Å²) in [5, 5.41) is 9.88. The van der Waals surface area contributed by atoms with E-state index in [9.17, 15) is 14.4 Å². The number of hydrogen-bond donors (Lipinski definition) is 4. The number of anilines is 1. The van der Waals surface area contributed by atoms with Gasteiger partial charge in [0.25, 0.3) is 5.91 Å². The van der Waals surface area contributed by atoms with Gasteiger partial charge in [0.2, 0.25) is 5.91 Å². The van der Waals surface area contributed by atoms with Crippen LogP contribution >= 0.6 is 11.3 Å². The van der Waals surface area contributed by atoms with E-state index in [2.05, 4.69) is 16.0 Å². The molecule has 0 saturated heterocycles. The Balaban J connectivity index is 1.75. The van der Waals surface area contributed by atoms with Gasteiger partial charge in [-0.25, -0.2) is 4.79 Å². The molecule has 1 heterocycles. The van der Waals surface area contributed by atoms with Crippen LogP contribution in [0.2, 0.25) is 0 Å². The molecule has 1 aromatic heterocycles. The van der Waals surface area contributed by atoms with E-state index in [-0.39, 0.29) is 30.8 Å². The van der Waals surface area contributed by atoms with Crippen molar-refractivity contribution in [1.29, 1.82) is 0 Å². The first-order valence-electron chi connectivity index (χ1n) is 7.73. The number of nitrogens with one attached hydrogen (secondary N) is 3. The van der Waals surface area contributed by atoms with Crippen LogP contribution in [0.4, 0.5) is 10.5 Å². The van der Waals surface area contributed by atoms with Gasteiger partial charge >= 0.3 is 6.03 Å². The van der Waals surface area contributed by atoms with E-state index in [1.54, 1.807) is 36.4 Å². The van der Waals surface area contributed by atoms with Crippen molar-refractivity contribution in [1.82, 2.24) is 10.6 Å². The van der Waals surface area contributed by atoms with Gasteiger partial charge in [-0.1, -0.05) is 18.2 Å². The first-order chi connectivity index (χ1) is 12.0. The average Bonchev–Trinajstić information content (AvgIpc) is 3.09. The summed E-state index contributed by atoms with van der Waals surface area (Å²) in [5.74, 6) is -0.327. The predicted octanol–water partition coefficient (Wildman–Crippen LogP) is 2.24. The summed E-state index contributed by atoms with van der Waals surface area (Å²) in [6.07, 6.45) is 0.197. The van der Waals surface area contributed by atoms with Gasteiger partial charge in [-0.05, 0) is 36.1 Å². The number of rotatable bonds is 7. The molecule has 0 spiro atoms. The summed E-state index contributed by atoms with van der Waals surface area (Å²) in [6.45, 7) is 2.13. The molecule has 0 aliphatic carbocycles. The normalized spacial score (nSPS) is 11.4. The maximum absolute atomic E-state index is 12.0. The molecule has 0 saturated carbocycles. The molecule has 8 heteroatoms. The standard InChI is InChI=1S/C17H20N4O3S/c1-11(12-4-6-13(7-5-12)21-17(18)24)20-15(22)8-9-19-16(23)14-3-2-10-25-14/h2-7,10-11H,8-9H2,1H3,(H,19,23)(H,20,22)(H3,18,21,24). The second-order valence-corrected chi connectivity index (χ2v) is 6.33. The third kappa shape index (κ3) is 5.92. The summed E-state index contributed by atoms with van der Waals surface area (Å²) < 4.78 is 0. The monoisotopic (exact) mass is 360 g/mol.